The Balaban J connectivity index is 2.06. The Morgan fingerprint density at radius 2 is 1.79 bits per heavy atom. The molecule has 0 saturated heterocycles. The van der Waals surface area contributed by atoms with Crippen LogP contribution in [0.5, 0.6) is 0 Å². The summed E-state index contributed by atoms with van der Waals surface area (Å²) in [6.45, 7) is 1.97. The Labute approximate surface area is 143 Å². The number of hydrogen-bond acceptors (Lipinski definition) is 4. The number of rotatable bonds is 3. The number of anilines is 2. The summed E-state index contributed by atoms with van der Waals surface area (Å²) in [5.74, 6) is 0.261. The third kappa shape index (κ3) is 3.29. The molecule has 0 amide bonds. The van der Waals surface area contributed by atoms with E-state index in [0.29, 0.717) is 16.3 Å². The van der Waals surface area contributed by atoms with Gasteiger partial charge in [0.15, 0.2) is 0 Å². The molecular formula is C18H13ClN4O. The van der Waals surface area contributed by atoms with Gasteiger partial charge in [-0.25, -0.2) is 4.98 Å². The molecule has 0 aliphatic carbocycles. The van der Waals surface area contributed by atoms with Gasteiger partial charge in [-0.05, 0) is 31.2 Å². The molecule has 6 heteroatoms. The van der Waals surface area contributed by atoms with Gasteiger partial charge in [0.05, 0.1) is 5.69 Å². The zero-order valence-electron chi connectivity index (χ0n) is 12.8. The Morgan fingerprint density at radius 1 is 1.12 bits per heavy atom. The second-order valence-electron chi connectivity index (χ2n) is 5.25. The SMILES string of the molecule is Cc1ccc(-c2nc(Nc3ccc(Cl)cc3)[nH]c(=O)c2C#N)cc1. The molecule has 2 N–H and O–H groups in total. The molecule has 0 unspecified atom stereocenters. The van der Waals surface area contributed by atoms with Gasteiger partial charge in [-0.15, -0.1) is 0 Å². The van der Waals surface area contributed by atoms with Gasteiger partial charge < -0.3 is 5.32 Å². The van der Waals surface area contributed by atoms with Crippen molar-refractivity contribution in [1.82, 2.24) is 9.97 Å². The van der Waals surface area contributed by atoms with Crippen LogP contribution in [0.2, 0.25) is 5.02 Å². The topological polar surface area (TPSA) is 81.6 Å². The molecule has 0 aliphatic heterocycles. The van der Waals surface area contributed by atoms with Crippen LogP contribution >= 0.6 is 11.6 Å². The highest BCUT2D eigenvalue weighted by atomic mass is 35.5. The number of nitrogens with one attached hydrogen (secondary N) is 2. The molecular weight excluding hydrogens is 324 g/mol. The van der Waals surface area contributed by atoms with Crippen molar-refractivity contribution >= 4 is 23.2 Å². The van der Waals surface area contributed by atoms with E-state index in [9.17, 15) is 10.1 Å². The molecule has 24 heavy (non-hydrogen) atoms. The summed E-state index contributed by atoms with van der Waals surface area (Å²) in [4.78, 5) is 19.2. The van der Waals surface area contributed by atoms with Gasteiger partial charge in [-0.1, -0.05) is 41.4 Å². The molecule has 3 aromatic rings. The van der Waals surface area contributed by atoms with Gasteiger partial charge >= 0.3 is 0 Å². The first-order valence-electron chi connectivity index (χ1n) is 7.21. The first-order valence-corrected chi connectivity index (χ1v) is 7.58. The van der Waals surface area contributed by atoms with Crippen molar-refractivity contribution in [2.75, 3.05) is 5.32 Å². The summed E-state index contributed by atoms with van der Waals surface area (Å²) in [5, 5.41) is 12.9. The second-order valence-corrected chi connectivity index (χ2v) is 5.68. The van der Waals surface area contributed by atoms with Crippen LogP contribution in [-0.2, 0) is 0 Å². The molecule has 0 atom stereocenters. The van der Waals surface area contributed by atoms with Gasteiger partial charge in [0, 0.05) is 16.3 Å². The molecule has 118 valence electrons. The van der Waals surface area contributed by atoms with Crippen LogP contribution in [0.4, 0.5) is 11.6 Å². The quantitative estimate of drug-likeness (QED) is 0.757. The lowest BCUT2D eigenvalue weighted by Gasteiger charge is -2.09. The van der Waals surface area contributed by atoms with E-state index in [0.717, 1.165) is 11.3 Å². The van der Waals surface area contributed by atoms with Crippen LogP contribution in [0, 0.1) is 18.3 Å². The highest BCUT2D eigenvalue weighted by Gasteiger charge is 2.13. The first kappa shape index (κ1) is 15.8. The lowest BCUT2D eigenvalue weighted by molar-refractivity contribution is 1.11. The van der Waals surface area contributed by atoms with Crippen molar-refractivity contribution in [3.8, 4) is 17.3 Å². The van der Waals surface area contributed by atoms with Gasteiger partial charge in [0.1, 0.15) is 11.6 Å². The van der Waals surface area contributed by atoms with Gasteiger partial charge in [0.2, 0.25) is 5.95 Å². The van der Waals surface area contributed by atoms with Crippen molar-refractivity contribution in [2.45, 2.75) is 6.92 Å². The molecule has 0 spiro atoms. The number of aromatic amines is 1. The largest absolute Gasteiger partial charge is 0.326 e. The predicted octanol–water partition coefficient (Wildman–Crippen LogP) is 4.01. The molecule has 5 nitrogen and oxygen atoms in total. The number of aryl methyl sites for hydroxylation is 1. The average Bonchev–Trinajstić information content (AvgIpc) is 2.57. The van der Waals surface area contributed by atoms with Crippen molar-refractivity contribution in [2.24, 2.45) is 0 Å². The summed E-state index contributed by atoms with van der Waals surface area (Å²) in [5.41, 5.74) is 2.36. The fourth-order valence-electron chi connectivity index (χ4n) is 2.23. The van der Waals surface area contributed by atoms with E-state index in [4.69, 9.17) is 11.6 Å². The molecule has 0 saturated carbocycles. The minimum atomic E-state index is -0.487. The molecule has 0 bridgehead atoms. The van der Waals surface area contributed by atoms with Crippen LogP contribution in [0.3, 0.4) is 0 Å². The molecule has 1 aromatic heterocycles. The van der Waals surface area contributed by atoms with E-state index < -0.39 is 5.56 Å². The van der Waals surface area contributed by atoms with E-state index in [1.807, 2.05) is 37.3 Å². The maximum Gasteiger partial charge on any atom is 0.270 e. The summed E-state index contributed by atoms with van der Waals surface area (Å²) < 4.78 is 0. The normalized spacial score (nSPS) is 10.2. The molecule has 0 radical (unpaired) electrons. The lowest BCUT2D eigenvalue weighted by Crippen LogP contribution is -2.16. The van der Waals surface area contributed by atoms with E-state index in [-0.39, 0.29) is 11.5 Å². The second kappa shape index (κ2) is 6.57. The Bertz CT molecular complexity index is 970. The monoisotopic (exact) mass is 336 g/mol. The Morgan fingerprint density at radius 3 is 2.42 bits per heavy atom. The van der Waals surface area contributed by atoms with E-state index in [1.165, 1.54) is 0 Å². The van der Waals surface area contributed by atoms with Gasteiger partial charge in [0.25, 0.3) is 5.56 Å². The maximum atomic E-state index is 12.2. The number of halogens is 1. The number of H-pyrrole nitrogens is 1. The van der Waals surface area contributed by atoms with Crippen molar-refractivity contribution in [1.29, 1.82) is 5.26 Å². The fraction of sp³-hybridized carbons (Fsp3) is 0.0556. The number of aromatic nitrogens is 2. The third-order valence-corrected chi connectivity index (χ3v) is 3.72. The third-order valence-electron chi connectivity index (χ3n) is 3.46. The number of nitriles is 1. The van der Waals surface area contributed by atoms with Crippen LogP contribution in [0.15, 0.2) is 53.3 Å². The number of benzene rings is 2. The molecule has 0 fully saturated rings. The van der Waals surface area contributed by atoms with E-state index >= 15 is 0 Å². The number of nitrogens with zero attached hydrogens (tertiary/aromatic N) is 2. The molecule has 0 aliphatic rings. The zero-order valence-corrected chi connectivity index (χ0v) is 13.6. The van der Waals surface area contributed by atoms with Crippen LogP contribution in [-0.4, -0.2) is 9.97 Å². The highest BCUT2D eigenvalue weighted by Crippen LogP contribution is 2.22. The first-order chi connectivity index (χ1) is 11.6. The summed E-state index contributed by atoms with van der Waals surface area (Å²) in [7, 11) is 0. The molecule has 2 aromatic carbocycles. The molecule has 3 rings (SSSR count). The minimum absolute atomic E-state index is 0.0134. The van der Waals surface area contributed by atoms with Crippen LogP contribution in [0.25, 0.3) is 11.3 Å². The van der Waals surface area contributed by atoms with Crippen molar-refractivity contribution in [3.05, 3.63) is 75.0 Å². The lowest BCUT2D eigenvalue weighted by atomic mass is 10.1. The summed E-state index contributed by atoms with van der Waals surface area (Å²) in [6.07, 6.45) is 0. The van der Waals surface area contributed by atoms with E-state index in [1.54, 1.807) is 24.3 Å². The summed E-state index contributed by atoms with van der Waals surface area (Å²) in [6, 6.07) is 16.4. The van der Waals surface area contributed by atoms with Crippen molar-refractivity contribution < 1.29 is 0 Å². The Kier molecular flexibility index (Phi) is 4.32. The number of hydrogen-bond donors (Lipinski definition) is 2. The Hall–Kier alpha value is -3.10. The highest BCUT2D eigenvalue weighted by molar-refractivity contribution is 6.30. The molecule has 1 heterocycles. The minimum Gasteiger partial charge on any atom is -0.326 e. The van der Waals surface area contributed by atoms with Gasteiger partial charge in [-0.2, -0.15) is 5.26 Å². The van der Waals surface area contributed by atoms with E-state index in [2.05, 4.69) is 15.3 Å². The summed E-state index contributed by atoms with van der Waals surface area (Å²) >= 11 is 5.86. The fourth-order valence-corrected chi connectivity index (χ4v) is 2.35. The van der Waals surface area contributed by atoms with Crippen LogP contribution in [0.1, 0.15) is 11.1 Å². The maximum absolute atomic E-state index is 12.2. The zero-order chi connectivity index (χ0) is 17.1. The van der Waals surface area contributed by atoms with Gasteiger partial charge in [-0.3, -0.25) is 9.78 Å². The van der Waals surface area contributed by atoms with Crippen LogP contribution < -0.4 is 10.9 Å². The standard InChI is InChI=1S/C18H13ClN4O/c1-11-2-4-12(5-3-11)16-15(10-20)17(24)23-18(22-16)21-14-8-6-13(19)7-9-14/h2-9H,1H3,(H2,21,22,23,24). The average molecular weight is 337 g/mol. The smallest absolute Gasteiger partial charge is 0.270 e. The predicted molar refractivity (Wildman–Crippen MR) is 94.5 cm³/mol. The van der Waals surface area contributed by atoms with Crippen molar-refractivity contribution in [3.63, 3.8) is 0 Å².